The number of halogens is 2. The minimum absolute atomic E-state index is 0.578. The van der Waals surface area contributed by atoms with E-state index in [4.69, 9.17) is 17.0 Å². The molecular weight excluding hydrogens is 767 g/mol. The van der Waals surface area contributed by atoms with Gasteiger partial charge in [0, 0.05) is 9.52 Å². The molecule has 0 spiro atoms. The number of hydrogen-bond acceptors (Lipinski definition) is 0. The van der Waals surface area contributed by atoms with Crippen LogP contribution in [0.5, 0.6) is 0 Å². The number of rotatable bonds is 4. The molecule has 0 fully saturated rings. The topological polar surface area (TPSA) is 0 Å². The van der Waals surface area contributed by atoms with Crippen LogP contribution in [0.15, 0.2) is 109 Å². The van der Waals surface area contributed by atoms with E-state index in [9.17, 15) is 0 Å². The van der Waals surface area contributed by atoms with Crippen LogP contribution in [0.4, 0.5) is 0 Å². The van der Waals surface area contributed by atoms with E-state index < -0.39 is 20.8 Å². The van der Waals surface area contributed by atoms with Crippen molar-refractivity contribution >= 4 is 48.1 Å². The van der Waals surface area contributed by atoms with Crippen molar-refractivity contribution in [3.05, 3.63) is 154 Å². The number of benzene rings is 5. The van der Waals surface area contributed by atoms with Gasteiger partial charge in [0.2, 0.25) is 0 Å². The molecule has 0 amide bonds. The van der Waals surface area contributed by atoms with Gasteiger partial charge in [-0.1, -0.05) is 151 Å². The van der Waals surface area contributed by atoms with Crippen molar-refractivity contribution in [3.63, 3.8) is 0 Å². The van der Waals surface area contributed by atoms with Crippen molar-refractivity contribution < 1.29 is 20.8 Å². The Morgan fingerprint density at radius 3 is 1.40 bits per heavy atom. The van der Waals surface area contributed by atoms with Crippen LogP contribution in [0.3, 0.4) is 0 Å². The fraction of sp³-hybridized carbons (Fsp3) is 0.250. The van der Waals surface area contributed by atoms with Crippen molar-refractivity contribution in [1.29, 1.82) is 0 Å². The van der Waals surface area contributed by atoms with Crippen LogP contribution < -0.4 is 0 Å². The van der Waals surface area contributed by atoms with Gasteiger partial charge in [-0.25, -0.2) is 0 Å². The molecule has 52 heavy (non-hydrogen) atoms. The molecule has 0 bridgehead atoms. The monoisotopic (exact) mass is 816 g/mol. The summed E-state index contributed by atoms with van der Waals surface area (Å²) in [6.07, 6.45) is 0. The van der Waals surface area contributed by atoms with Gasteiger partial charge in [-0.3, -0.25) is 0 Å². The third-order valence-corrected chi connectivity index (χ3v) is 9.03. The minimum atomic E-state index is -0.826. The number of fused-ring (bicyclic) bond motifs is 2. The molecule has 0 aliphatic heterocycles. The first-order valence-corrected chi connectivity index (χ1v) is 26.3. The van der Waals surface area contributed by atoms with Crippen LogP contribution in [0.2, 0.25) is 13.1 Å². The van der Waals surface area contributed by atoms with E-state index in [1.54, 1.807) is 0 Å². The third kappa shape index (κ3) is 11.0. The first kappa shape index (κ1) is 41.8. The second kappa shape index (κ2) is 19.4. The zero-order valence-electron chi connectivity index (χ0n) is 32.7. The van der Waals surface area contributed by atoms with Crippen LogP contribution in [0.25, 0.3) is 54.9 Å². The third-order valence-electron chi connectivity index (χ3n) is 9.03. The van der Waals surface area contributed by atoms with E-state index in [1.165, 1.54) is 99.4 Å². The summed E-state index contributed by atoms with van der Waals surface area (Å²) in [5.41, 5.74) is 18.6. The quantitative estimate of drug-likeness (QED) is 0.123. The molecule has 0 aliphatic rings. The van der Waals surface area contributed by atoms with E-state index in [0.29, 0.717) is 5.92 Å². The Morgan fingerprint density at radius 2 is 0.923 bits per heavy atom. The summed E-state index contributed by atoms with van der Waals surface area (Å²) in [5, 5.41) is 5.40. The Morgan fingerprint density at radius 1 is 0.500 bits per heavy atom. The fourth-order valence-electron chi connectivity index (χ4n) is 7.12. The molecule has 0 aromatic heterocycles. The van der Waals surface area contributed by atoms with Crippen LogP contribution >= 0.6 is 17.0 Å². The van der Waals surface area contributed by atoms with Crippen LogP contribution in [-0.4, -0.2) is 9.52 Å². The van der Waals surface area contributed by atoms with Gasteiger partial charge in [0.15, 0.2) is 0 Å². The Labute approximate surface area is 334 Å². The summed E-state index contributed by atoms with van der Waals surface area (Å²) in [6.45, 7) is 24.0. The van der Waals surface area contributed by atoms with Crippen LogP contribution in [0, 0.1) is 48.5 Å². The zero-order valence-corrected chi connectivity index (χ0v) is 37.7. The average Bonchev–Trinajstić information content (AvgIpc) is 3.67. The molecule has 0 atom stereocenters. The molecule has 266 valence electrons. The second-order valence-corrected chi connectivity index (χ2v) is 19.2. The van der Waals surface area contributed by atoms with Crippen LogP contribution in [-0.2, 0) is 20.8 Å². The molecule has 2 radical (unpaired) electrons. The first-order chi connectivity index (χ1) is 24.8. The van der Waals surface area contributed by atoms with Gasteiger partial charge in [0.05, 0.1) is 0 Å². The summed E-state index contributed by atoms with van der Waals surface area (Å²) < 4.78 is 0. The van der Waals surface area contributed by atoms with Crippen LogP contribution in [0.1, 0.15) is 64.3 Å². The fourth-order valence-corrected chi connectivity index (χ4v) is 7.12. The molecule has 0 saturated carbocycles. The Kier molecular flexibility index (Phi) is 15.5. The molecule has 0 aliphatic carbocycles. The number of hydrogen-bond donors (Lipinski definition) is 0. The molecule has 7 aromatic rings. The van der Waals surface area contributed by atoms with E-state index in [1.807, 2.05) is 0 Å². The predicted molar refractivity (Wildman–Crippen MR) is 232 cm³/mol. The summed E-state index contributed by atoms with van der Waals surface area (Å²) in [6, 6.07) is 41.1. The van der Waals surface area contributed by atoms with Crippen molar-refractivity contribution in [3.8, 4) is 33.4 Å². The first-order valence-electron chi connectivity index (χ1n) is 18.0. The average molecular weight is 819 g/mol. The van der Waals surface area contributed by atoms with Gasteiger partial charge in [0.25, 0.3) is 0 Å². The summed E-state index contributed by atoms with van der Waals surface area (Å²) in [5.74, 6) is 0.578. The van der Waals surface area contributed by atoms with Crippen molar-refractivity contribution in [2.75, 3.05) is 0 Å². The van der Waals surface area contributed by atoms with Crippen molar-refractivity contribution in [2.24, 2.45) is 0 Å². The van der Waals surface area contributed by atoms with E-state index >= 15 is 0 Å². The van der Waals surface area contributed by atoms with Gasteiger partial charge in [-0.05, 0) is 64.2 Å². The zero-order chi connectivity index (χ0) is 38.1. The Bertz CT molecular complexity index is 2190. The number of aryl methyl sites for hydroxylation is 7. The molecule has 0 unspecified atom stereocenters. The molecule has 7 aromatic carbocycles. The van der Waals surface area contributed by atoms with Gasteiger partial charge in [-0.15, -0.1) is 63.0 Å². The van der Waals surface area contributed by atoms with Crippen molar-refractivity contribution in [2.45, 2.75) is 81.3 Å². The maximum atomic E-state index is 4.93. The predicted octanol–water partition coefficient (Wildman–Crippen LogP) is 15.6. The van der Waals surface area contributed by atoms with Gasteiger partial charge >= 0.3 is 37.9 Å². The standard InChI is InChI=1S/C26H25.C20H21.C2H6Si.2ClH.Zr/c1-16-6-17(2)9-21(8-16)22-14-24-12-20(5)13-25(24)26(15-22)23-10-18(3)7-19(4)11-23;1-13(2)17-11-16-6-5-7-19(20(16)12-17)18-9-14(3)8-15(4)10-18;1-3-2;;;/h6-15H,1-5H3;5-13H,1-4H3;1-2H3;2*1H;/q2*-1;;;;+4/p-2. The Hall–Kier alpha value is -3.00. The molecule has 4 heteroatoms. The van der Waals surface area contributed by atoms with Gasteiger partial charge < -0.3 is 0 Å². The molecule has 0 heterocycles. The molecular formula is C48H52Cl2SiZr. The summed E-state index contributed by atoms with van der Waals surface area (Å²) in [4.78, 5) is 0. The molecule has 0 N–H and O–H groups in total. The maximum absolute atomic E-state index is 4.93. The van der Waals surface area contributed by atoms with Gasteiger partial charge in [-0.2, -0.15) is 12.1 Å². The second-order valence-electron chi connectivity index (χ2n) is 14.5. The van der Waals surface area contributed by atoms with E-state index in [2.05, 4.69) is 185 Å². The normalized spacial score (nSPS) is 10.6. The Balaban J connectivity index is 0.000000207. The van der Waals surface area contributed by atoms with E-state index in [0.717, 1.165) is 9.52 Å². The molecule has 0 nitrogen and oxygen atoms in total. The summed E-state index contributed by atoms with van der Waals surface area (Å²) >= 11 is -0.826. The SMILES string of the molecule is C[Si]C.Cc1cc(C)cc(-c2cc(-c3cc(C)cc(C)c3)c3cc(C)[cH-]c3c2)c1.Cc1cc(C)cc(-c2cccc3[cH-]c(C(C)C)cc23)c1.[Cl][Zr+2][Cl]. The molecule has 0 saturated heterocycles. The van der Waals surface area contributed by atoms with Crippen molar-refractivity contribution in [1.82, 2.24) is 0 Å². The van der Waals surface area contributed by atoms with Gasteiger partial charge in [0.1, 0.15) is 0 Å². The van der Waals surface area contributed by atoms with E-state index in [-0.39, 0.29) is 0 Å². The summed E-state index contributed by atoms with van der Waals surface area (Å²) in [7, 11) is 11.0. The molecule has 7 rings (SSSR count).